The maximum absolute atomic E-state index is 5.73. The molecule has 0 aromatic rings. The molecule has 110 valence electrons. The second-order valence-corrected chi connectivity index (χ2v) is 5.33. The summed E-state index contributed by atoms with van der Waals surface area (Å²) in [5.41, 5.74) is 0.258. The van der Waals surface area contributed by atoms with Crippen molar-refractivity contribution >= 4 is 0 Å². The maximum atomic E-state index is 5.73. The monoisotopic (exact) mass is 258 g/mol. The minimum Gasteiger partial charge on any atom is -0.381 e. The zero-order valence-electron chi connectivity index (χ0n) is 13.1. The lowest BCUT2D eigenvalue weighted by molar-refractivity contribution is -0.0281. The average molecular weight is 258 g/mol. The van der Waals surface area contributed by atoms with E-state index in [0.29, 0.717) is 0 Å². The molecular weight excluding hydrogens is 224 g/mol. The third kappa shape index (κ3) is 8.10. The van der Waals surface area contributed by atoms with Crippen LogP contribution in [0.3, 0.4) is 0 Å². The number of hydrogen-bond donors (Lipinski definition) is 0. The van der Waals surface area contributed by atoms with Crippen LogP contribution < -0.4 is 0 Å². The summed E-state index contributed by atoms with van der Waals surface area (Å²) >= 11 is 0. The van der Waals surface area contributed by atoms with Crippen molar-refractivity contribution in [2.24, 2.45) is 5.41 Å². The molecule has 0 aliphatic carbocycles. The van der Waals surface area contributed by atoms with Gasteiger partial charge in [-0.15, -0.1) is 0 Å². The van der Waals surface area contributed by atoms with Gasteiger partial charge in [-0.2, -0.15) is 0 Å². The highest BCUT2D eigenvalue weighted by Gasteiger charge is 2.29. The molecule has 0 saturated carbocycles. The quantitative estimate of drug-likeness (QED) is 0.441. The Labute approximate surface area is 114 Å². The van der Waals surface area contributed by atoms with Crippen LogP contribution in [-0.2, 0) is 9.47 Å². The van der Waals surface area contributed by atoms with Crippen LogP contribution in [0.15, 0.2) is 0 Å². The summed E-state index contributed by atoms with van der Waals surface area (Å²) in [6, 6.07) is 0. The Morgan fingerprint density at radius 3 is 1.72 bits per heavy atom. The van der Waals surface area contributed by atoms with Gasteiger partial charge in [-0.25, -0.2) is 0 Å². The van der Waals surface area contributed by atoms with Crippen molar-refractivity contribution in [1.29, 1.82) is 0 Å². The molecule has 2 nitrogen and oxygen atoms in total. The normalized spacial score (nSPS) is 12.0. The number of hydrogen-bond acceptors (Lipinski definition) is 2. The van der Waals surface area contributed by atoms with E-state index in [1.165, 1.54) is 44.9 Å². The molecule has 0 aromatic heterocycles. The van der Waals surface area contributed by atoms with Crippen LogP contribution >= 0.6 is 0 Å². The van der Waals surface area contributed by atoms with E-state index in [-0.39, 0.29) is 5.41 Å². The van der Waals surface area contributed by atoms with Crippen LogP contribution in [0.4, 0.5) is 0 Å². The number of rotatable bonds is 13. The van der Waals surface area contributed by atoms with Crippen LogP contribution in [0.5, 0.6) is 0 Å². The van der Waals surface area contributed by atoms with Crippen molar-refractivity contribution in [2.75, 3.05) is 26.4 Å². The van der Waals surface area contributed by atoms with Crippen molar-refractivity contribution in [3.8, 4) is 0 Å². The zero-order chi connectivity index (χ0) is 13.7. The van der Waals surface area contributed by atoms with Gasteiger partial charge in [0.1, 0.15) is 0 Å². The largest absolute Gasteiger partial charge is 0.381 e. The fourth-order valence-corrected chi connectivity index (χ4v) is 2.55. The van der Waals surface area contributed by atoms with Gasteiger partial charge in [0.25, 0.3) is 0 Å². The molecule has 0 aliphatic heterocycles. The minimum absolute atomic E-state index is 0.258. The lowest BCUT2D eigenvalue weighted by atomic mass is 9.80. The van der Waals surface area contributed by atoms with E-state index in [1.54, 1.807) is 0 Å². The third-order valence-electron chi connectivity index (χ3n) is 3.57. The predicted molar refractivity (Wildman–Crippen MR) is 79.1 cm³/mol. The minimum atomic E-state index is 0.258. The summed E-state index contributed by atoms with van der Waals surface area (Å²) in [4.78, 5) is 0. The van der Waals surface area contributed by atoms with Gasteiger partial charge in [-0.1, -0.05) is 46.0 Å². The molecule has 0 rings (SSSR count). The van der Waals surface area contributed by atoms with E-state index < -0.39 is 0 Å². The van der Waals surface area contributed by atoms with E-state index in [9.17, 15) is 0 Å². The summed E-state index contributed by atoms with van der Waals surface area (Å²) in [6.45, 7) is 12.0. The Morgan fingerprint density at radius 1 is 0.667 bits per heavy atom. The molecule has 0 saturated heterocycles. The first-order valence-corrected chi connectivity index (χ1v) is 7.90. The molecule has 0 N–H and O–H groups in total. The number of unbranched alkanes of at least 4 members (excludes halogenated alkanes) is 3. The standard InChI is InChI=1S/C16H34O2/c1-5-9-10-11-13-16(12-6-2,14-17-7-3)15-18-8-4/h5-15H2,1-4H3. The molecule has 2 heteroatoms. The first kappa shape index (κ1) is 17.9. The van der Waals surface area contributed by atoms with Crippen LogP contribution in [0.2, 0.25) is 0 Å². The smallest absolute Gasteiger partial charge is 0.0544 e. The second kappa shape index (κ2) is 12.0. The highest BCUT2D eigenvalue weighted by Crippen LogP contribution is 2.32. The molecule has 0 bridgehead atoms. The summed E-state index contributed by atoms with van der Waals surface area (Å²) in [5.74, 6) is 0. The Hall–Kier alpha value is -0.0800. The van der Waals surface area contributed by atoms with E-state index in [4.69, 9.17) is 9.47 Å². The average Bonchev–Trinajstić information content (AvgIpc) is 2.39. The molecule has 0 fully saturated rings. The topological polar surface area (TPSA) is 18.5 Å². The Bertz CT molecular complexity index is 160. The second-order valence-electron chi connectivity index (χ2n) is 5.33. The highest BCUT2D eigenvalue weighted by atomic mass is 16.5. The van der Waals surface area contributed by atoms with Gasteiger partial charge in [-0.3, -0.25) is 0 Å². The first-order valence-electron chi connectivity index (χ1n) is 7.90. The van der Waals surface area contributed by atoms with Crippen LogP contribution in [0.25, 0.3) is 0 Å². The SMILES string of the molecule is CCCCCCC(CCC)(COCC)COCC. The molecule has 0 heterocycles. The Morgan fingerprint density at radius 2 is 1.28 bits per heavy atom. The summed E-state index contributed by atoms with van der Waals surface area (Å²) in [7, 11) is 0. The molecule has 0 spiro atoms. The molecule has 0 amide bonds. The molecule has 18 heavy (non-hydrogen) atoms. The van der Waals surface area contributed by atoms with Gasteiger partial charge in [0, 0.05) is 18.6 Å². The van der Waals surface area contributed by atoms with Gasteiger partial charge in [0.05, 0.1) is 13.2 Å². The van der Waals surface area contributed by atoms with Crippen LogP contribution in [-0.4, -0.2) is 26.4 Å². The molecule has 0 atom stereocenters. The number of ether oxygens (including phenoxy) is 2. The van der Waals surface area contributed by atoms with Gasteiger partial charge >= 0.3 is 0 Å². The van der Waals surface area contributed by atoms with Crippen molar-refractivity contribution in [1.82, 2.24) is 0 Å². The Kier molecular flexibility index (Phi) is 11.9. The molecule has 0 aromatic carbocycles. The highest BCUT2D eigenvalue weighted by molar-refractivity contribution is 4.79. The maximum Gasteiger partial charge on any atom is 0.0544 e. The van der Waals surface area contributed by atoms with Crippen molar-refractivity contribution in [3.05, 3.63) is 0 Å². The third-order valence-corrected chi connectivity index (χ3v) is 3.57. The van der Waals surface area contributed by atoms with Crippen molar-refractivity contribution in [3.63, 3.8) is 0 Å². The summed E-state index contributed by atoms with van der Waals surface area (Å²) < 4.78 is 11.5. The van der Waals surface area contributed by atoms with E-state index in [1.807, 2.05) is 0 Å². The fourth-order valence-electron chi connectivity index (χ4n) is 2.55. The first-order chi connectivity index (χ1) is 8.74. The van der Waals surface area contributed by atoms with E-state index >= 15 is 0 Å². The van der Waals surface area contributed by atoms with Gasteiger partial charge in [0.2, 0.25) is 0 Å². The van der Waals surface area contributed by atoms with Gasteiger partial charge in [0.15, 0.2) is 0 Å². The molecule has 0 radical (unpaired) electrons. The van der Waals surface area contributed by atoms with Crippen LogP contribution in [0.1, 0.15) is 72.6 Å². The van der Waals surface area contributed by atoms with Gasteiger partial charge in [-0.05, 0) is 26.7 Å². The predicted octanol–water partition coefficient (Wildman–Crippen LogP) is 4.82. The molecular formula is C16H34O2. The summed E-state index contributed by atoms with van der Waals surface area (Å²) in [5, 5.41) is 0. The summed E-state index contributed by atoms with van der Waals surface area (Å²) in [6.07, 6.45) is 9.01. The lowest BCUT2D eigenvalue weighted by Gasteiger charge is -2.33. The van der Waals surface area contributed by atoms with Crippen LogP contribution in [0, 0.1) is 5.41 Å². The fraction of sp³-hybridized carbons (Fsp3) is 1.00. The zero-order valence-corrected chi connectivity index (χ0v) is 13.1. The van der Waals surface area contributed by atoms with E-state index in [0.717, 1.165) is 26.4 Å². The lowest BCUT2D eigenvalue weighted by Crippen LogP contribution is -2.32. The van der Waals surface area contributed by atoms with Gasteiger partial charge < -0.3 is 9.47 Å². The van der Waals surface area contributed by atoms with Crippen molar-refractivity contribution in [2.45, 2.75) is 72.6 Å². The molecule has 0 aliphatic rings. The molecule has 0 unspecified atom stereocenters. The Balaban J connectivity index is 4.29. The van der Waals surface area contributed by atoms with E-state index in [2.05, 4.69) is 27.7 Å². The van der Waals surface area contributed by atoms with Crippen molar-refractivity contribution < 1.29 is 9.47 Å².